The van der Waals surface area contributed by atoms with Crippen LogP contribution in [0.1, 0.15) is 6.42 Å². The van der Waals surface area contributed by atoms with E-state index in [9.17, 15) is 53.1 Å². The van der Waals surface area contributed by atoms with Crippen molar-refractivity contribution in [3.8, 4) is 0 Å². The van der Waals surface area contributed by atoms with Gasteiger partial charge in [-0.1, -0.05) is 0 Å². The van der Waals surface area contributed by atoms with Gasteiger partial charge in [-0.2, -0.15) is 48.3 Å². The van der Waals surface area contributed by atoms with Gasteiger partial charge in [0.1, 0.15) is 0 Å². The molecular weight excluding hydrogens is 441 g/mol. The van der Waals surface area contributed by atoms with Crippen molar-refractivity contribution >= 4 is 5.91 Å². The van der Waals surface area contributed by atoms with Crippen molar-refractivity contribution in [3.63, 3.8) is 0 Å². The number of hydrogen-bond acceptors (Lipinski definition) is 4. The third-order valence-electron chi connectivity index (χ3n) is 3.59. The van der Waals surface area contributed by atoms with E-state index in [1.807, 2.05) is 0 Å². The lowest BCUT2D eigenvalue weighted by molar-refractivity contribution is -0.417. The van der Waals surface area contributed by atoms with Crippen molar-refractivity contribution < 1.29 is 63.3 Å². The van der Waals surface area contributed by atoms with E-state index in [0.29, 0.717) is 0 Å². The van der Waals surface area contributed by atoms with Crippen molar-refractivity contribution in [2.24, 2.45) is 0 Å². The van der Waals surface area contributed by atoms with Crippen molar-refractivity contribution in [2.45, 2.75) is 36.3 Å². The standard InChI is InChI=1S/C13H17F11N2O3/c14-9(15,8(29)25-2-1-3-26(4-6-27)5-7-28)10(16,17)11(18,19)12(20,21)13(22,23)24/h27-28H,1-7H2,(H,25,29). The average Bonchev–Trinajstić information content (AvgIpc) is 2.57. The Hall–Kier alpha value is -1.42. The molecular formula is C13H17F11N2O3. The number of halogens is 11. The van der Waals surface area contributed by atoms with Crippen molar-refractivity contribution in [1.29, 1.82) is 0 Å². The molecule has 0 aromatic carbocycles. The van der Waals surface area contributed by atoms with Crippen LogP contribution in [0.3, 0.4) is 0 Å². The van der Waals surface area contributed by atoms with Crippen LogP contribution in [0, 0.1) is 0 Å². The average molecular weight is 458 g/mol. The lowest BCUT2D eigenvalue weighted by Gasteiger charge is -2.36. The Kier molecular flexibility index (Phi) is 9.12. The van der Waals surface area contributed by atoms with Gasteiger partial charge in [0, 0.05) is 19.6 Å². The van der Waals surface area contributed by atoms with Gasteiger partial charge >= 0.3 is 29.9 Å². The summed E-state index contributed by atoms with van der Waals surface area (Å²) in [5.74, 6) is -32.4. The molecule has 16 heteroatoms. The summed E-state index contributed by atoms with van der Waals surface area (Å²) < 4.78 is 141. The van der Waals surface area contributed by atoms with E-state index in [-0.39, 0.29) is 39.3 Å². The number of hydrogen-bond donors (Lipinski definition) is 3. The predicted octanol–water partition coefficient (Wildman–Crippen LogP) is 1.88. The number of nitrogens with zero attached hydrogens (tertiary/aromatic N) is 1. The quantitative estimate of drug-likeness (QED) is 0.309. The molecule has 174 valence electrons. The maximum absolute atomic E-state index is 13.4. The Morgan fingerprint density at radius 2 is 1.17 bits per heavy atom. The van der Waals surface area contributed by atoms with Crippen LogP contribution < -0.4 is 5.32 Å². The Bertz CT molecular complexity index is 535. The van der Waals surface area contributed by atoms with Crippen molar-refractivity contribution in [3.05, 3.63) is 0 Å². The minimum atomic E-state index is -7.64. The second-order valence-corrected chi connectivity index (χ2v) is 5.69. The Morgan fingerprint density at radius 1 is 0.724 bits per heavy atom. The number of carbonyl (C=O) groups excluding carboxylic acids is 1. The molecule has 0 unspecified atom stereocenters. The second kappa shape index (κ2) is 9.59. The topological polar surface area (TPSA) is 72.8 Å². The molecule has 1 amide bonds. The van der Waals surface area contributed by atoms with Crippen LogP contribution in [0.5, 0.6) is 0 Å². The van der Waals surface area contributed by atoms with E-state index in [1.165, 1.54) is 4.90 Å². The van der Waals surface area contributed by atoms with Crippen LogP contribution in [-0.4, -0.2) is 90.3 Å². The van der Waals surface area contributed by atoms with Crippen LogP contribution in [0.15, 0.2) is 0 Å². The van der Waals surface area contributed by atoms with E-state index < -0.39 is 42.3 Å². The Balaban J connectivity index is 5.23. The third kappa shape index (κ3) is 5.59. The van der Waals surface area contributed by atoms with Gasteiger partial charge in [0.05, 0.1) is 13.2 Å². The summed E-state index contributed by atoms with van der Waals surface area (Å²) in [6.45, 7) is -1.79. The smallest absolute Gasteiger partial charge is 0.395 e. The molecule has 0 aliphatic heterocycles. The fraction of sp³-hybridized carbons (Fsp3) is 0.923. The van der Waals surface area contributed by atoms with Crippen LogP contribution in [0.25, 0.3) is 0 Å². The summed E-state index contributed by atoms with van der Waals surface area (Å²) in [4.78, 5) is 12.5. The molecule has 0 heterocycles. The van der Waals surface area contributed by atoms with Crippen LogP contribution >= 0.6 is 0 Å². The summed E-state index contributed by atoms with van der Waals surface area (Å²) in [5, 5.41) is 18.5. The number of nitrogens with one attached hydrogen (secondary N) is 1. The largest absolute Gasteiger partial charge is 0.460 e. The number of aliphatic hydroxyl groups excluding tert-OH is 2. The predicted molar refractivity (Wildman–Crippen MR) is 74.1 cm³/mol. The van der Waals surface area contributed by atoms with Gasteiger partial charge in [-0.3, -0.25) is 9.69 Å². The van der Waals surface area contributed by atoms with Crippen LogP contribution in [0.2, 0.25) is 0 Å². The first kappa shape index (κ1) is 27.6. The molecule has 0 fully saturated rings. The molecule has 0 aromatic heterocycles. The highest BCUT2D eigenvalue weighted by Gasteiger charge is 2.88. The molecule has 5 nitrogen and oxygen atoms in total. The first-order valence-corrected chi connectivity index (χ1v) is 7.72. The van der Waals surface area contributed by atoms with E-state index in [4.69, 9.17) is 10.2 Å². The van der Waals surface area contributed by atoms with Crippen LogP contribution in [0.4, 0.5) is 48.3 Å². The summed E-state index contributed by atoms with van der Waals surface area (Å²) in [5.41, 5.74) is 0. The molecule has 0 saturated carbocycles. The highest BCUT2D eigenvalue weighted by Crippen LogP contribution is 2.57. The normalized spacial score (nSPS) is 14.4. The number of carbonyl (C=O) groups is 1. The molecule has 0 spiro atoms. The minimum absolute atomic E-state index is 0.0124. The molecule has 0 saturated heterocycles. The van der Waals surface area contributed by atoms with Gasteiger partial charge < -0.3 is 15.5 Å². The number of rotatable bonds is 12. The molecule has 0 rings (SSSR count). The molecule has 0 aliphatic carbocycles. The van der Waals surface area contributed by atoms with E-state index in [2.05, 4.69) is 0 Å². The zero-order valence-corrected chi connectivity index (χ0v) is 14.4. The van der Waals surface area contributed by atoms with Gasteiger partial charge in [0.2, 0.25) is 0 Å². The molecule has 0 aliphatic rings. The van der Waals surface area contributed by atoms with E-state index >= 15 is 0 Å². The molecule has 0 aromatic rings. The summed E-state index contributed by atoms with van der Waals surface area (Å²) in [6.07, 6.45) is -7.60. The molecule has 0 radical (unpaired) electrons. The van der Waals surface area contributed by atoms with Crippen LogP contribution in [-0.2, 0) is 4.79 Å². The second-order valence-electron chi connectivity index (χ2n) is 5.69. The molecule has 29 heavy (non-hydrogen) atoms. The zero-order chi connectivity index (χ0) is 23.3. The summed E-state index contributed by atoms with van der Waals surface area (Å²) in [7, 11) is 0. The molecule has 0 atom stereocenters. The highest BCUT2D eigenvalue weighted by atomic mass is 19.4. The molecule has 3 N–H and O–H groups in total. The summed E-state index contributed by atoms with van der Waals surface area (Å²) in [6, 6.07) is 0. The van der Waals surface area contributed by atoms with Gasteiger partial charge in [-0.05, 0) is 13.0 Å². The summed E-state index contributed by atoms with van der Waals surface area (Å²) >= 11 is 0. The van der Waals surface area contributed by atoms with Crippen molar-refractivity contribution in [2.75, 3.05) is 39.4 Å². The third-order valence-corrected chi connectivity index (χ3v) is 3.59. The lowest BCUT2D eigenvalue weighted by Crippen LogP contribution is -2.69. The fourth-order valence-electron chi connectivity index (χ4n) is 1.95. The zero-order valence-electron chi connectivity index (χ0n) is 14.4. The number of aliphatic hydroxyl groups is 2. The highest BCUT2D eigenvalue weighted by molar-refractivity contribution is 5.84. The Labute approximate surface area is 156 Å². The maximum Gasteiger partial charge on any atom is 0.460 e. The van der Waals surface area contributed by atoms with Gasteiger partial charge in [0.25, 0.3) is 5.91 Å². The van der Waals surface area contributed by atoms with Crippen molar-refractivity contribution in [1.82, 2.24) is 10.2 Å². The first-order chi connectivity index (χ1) is 12.9. The Morgan fingerprint density at radius 3 is 1.55 bits per heavy atom. The van der Waals surface area contributed by atoms with Gasteiger partial charge in [-0.15, -0.1) is 0 Å². The molecule has 0 bridgehead atoms. The lowest BCUT2D eigenvalue weighted by atomic mass is 9.97. The number of alkyl halides is 11. The van der Waals surface area contributed by atoms with Gasteiger partial charge in [-0.25, -0.2) is 0 Å². The maximum atomic E-state index is 13.4. The minimum Gasteiger partial charge on any atom is -0.395 e. The van der Waals surface area contributed by atoms with E-state index in [0.717, 1.165) is 5.32 Å². The first-order valence-electron chi connectivity index (χ1n) is 7.72. The number of amides is 1. The van der Waals surface area contributed by atoms with E-state index in [1.54, 1.807) is 0 Å². The fourth-order valence-corrected chi connectivity index (χ4v) is 1.95. The monoisotopic (exact) mass is 458 g/mol. The van der Waals surface area contributed by atoms with Gasteiger partial charge in [0.15, 0.2) is 0 Å². The SMILES string of the molecule is O=C(NCCCN(CCO)CCO)C(F)(F)C(F)(F)C(F)(F)C(F)(F)C(F)(F)F.